The Balaban J connectivity index is 0.000000303. The summed E-state index contributed by atoms with van der Waals surface area (Å²) in [6.45, 7) is 2.41. The molecule has 0 aliphatic heterocycles. The molecule has 0 aliphatic rings. The first-order chi connectivity index (χ1) is 14.4. The number of hydrogen-bond donors (Lipinski definition) is 1. The molecule has 0 aromatic heterocycles. The first-order valence-corrected chi connectivity index (χ1v) is 10.7. The van der Waals surface area contributed by atoms with Crippen molar-refractivity contribution in [3.05, 3.63) is 55.5 Å². The van der Waals surface area contributed by atoms with Crippen LogP contribution in [-0.2, 0) is 9.47 Å². The number of benzene rings is 2. The van der Waals surface area contributed by atoms with Crippen LogP contribution in [0.4, 0.5) is 11.4 Å². The number of nitrogen functional groups attached to an aromatic ring is 1. The summed E-state index contributed by atoms with van der Waals surface area (Å²) in [5, 5.41) is 10.6. The first kappa shape index (κ1) is 26.2. The third kappa shape index (κ3) is 10.2. The lowest BCUT2D eigenvalue weighted by Gasteiger charge is -2.08. The second-order valence-corrected chi connectivity index (χ2v) is 7.66. The van der Waals surface area contributed by atoms with Crippen LogP contribution in [0.2, 0.25) is 0 Å². The first-order valence-electron chi connectivity index (χ1n) is 9.11. The van der Waals surface area contributed by atoms with Crippen molar-refractivity contribution < 1.29 is 23.9 Å². The van der Waals surface area contributed by atoms with E-state index in [1.165, 1.54) is 12.1 Å². The molecule has 0 saturated heterocycles. The van der Waals surface area contributed by atoms with Gasteiger partial charge in [-0.1, -0.05) is 0 Å². The van der Waals surface area contributed by atoms with E-state index >= 15 is 0 Å². The minimum absolute atomic E-state index is 0.0185. The van der Waals surface area contributed by atoms with Crippen molar-refractivity contribution in [2.75, 3.05) is 46.4 Å². The van der Waals surface area contributed by atoms with Crippen LogP contribution in [0.25, 0.3) is 0 Å². The molecule has 10 heteroatoms. The summed E-state index contributed by atoms with van der Waals surface area (Å²) >= 11 is 6.66. The summed E-state index contributed by atoms with van der Waals surface area (Å²) < 4.78 is 22.3. The highest BCUT2D eigenvalue weighted by atomic mass is 79.9. The second kappa shape index (κ2) is 15.0. The van der Waals surface area contributed by atoms with Crippen molar-refractivity contribution in [2.45, 2.75) is 12.8 Å². The van der Waals surface area contributed by atoms with Crippen LogP contribution in [0.15, 0.2) is 45.3 Å². The van der Waals surface area contributed by atoms with Gasteiger partial charge in [0.1, 0.15) is 11.5 Å². The average Bonchev–Trinajstić information content (AvgIpc) is 2.72. The predicted octanol–water partition coefficient (Wildman–Crippen LogP) is 5.22. The maximum absolute atomic E-state index is 10.6. The number of anilines is 1. The fourth-order valence-electron chi connectivity index (χ4n) is 2.12. The largest absolute Gasteiger partial charge is 0.492 e. The molecule has 30 heavy (non-hydrogen) atoms. The van der Waals surface area contributed by atoms with Crippen molar-refractivity contribution in [3.8, 4) is 11.5 Å². The van der Waals surface area contributed by atoms with E-state index in [1.807, 2.05) is 12.1 Å². The van der Waals surface area contributed by atoms with Crippen LogP contribution in [0.3, 0.4) is 0 Å². The molecule has 2 N–H and O–H groups in total. The smallest absolute Gasteiger partial charge is 0.273 e. The highest BCUT2D eigenvalue weighted by molar-refractivity contribution is 9.10. The zero-order chi connectivity index (χ0) is 22.4. The number of ether oxygens (including phenoxy) is 4. The topological polar surface area (TPSA) is 106 Å². The number of nitrogens with zero attached hydrogens (tertiary/aromatic N) is 1. The second-order valence-electron chi connectivity index (χ2n) is 5.95. The van der Waals surface area contributed by atoms with Gasteiger partial charge < -0.3 is 24.7 Å². The normalized spacial score (nSPS) is 10.1. The van der Waals surface area contributed by atoms with E-state index in [0.29, 0.717) is 42.3 Å². The highest BCUT2D eigenvalue weighted by Gasteiger charge is 2.10. The number of hydrogen-bond acceptors (Lipinski definition) is 7. The van der Waals surface area contributed by atoms with Gasteiger partial charge in [0.2, 0.25) is 0 Å². The molecule has 166 valence electrons. The van der Waals surface area contributed by atoms with E-state index in [4.69, 9.17) is 24.7 Å². The van der Waals surface area contributed by atoms with Crippen LogP contribution < -0.4 is 15.2 Å². The molecule has 8 nitrogen and oxygen atoms in total. The van der Waals surface area contributed by atoms with Gasteiger partial charge >= 0.3 is 0 Å². The Bertz CT molecular complexity index is 792. The monoisotopic (exact) mass is 548 g/mol. The Morgan fingerprint density at radius 2 is 1.37 bits per heavy atom. The maximum atomic E-state index is 10.6. The Morgan fingerprint density at radius 3 is 1.87 bits per heavy atom. The zero-order valence-electron chi connectivity index (χ0n) is 16.9. The number of nitro benzene ring substituents is 1. The molecule has 0 bridgehead atoms. The van der Waals surface area contributed by atoms with E-state index in [-0.39, 0.29) is 5.69 Å². The zero-order valence-corrected chi connectivity index (χ0v) is 20.1. The molecule has 0 unspecified atom stereocenters. The minimum atomic E-state index is -0.450. The number of nitro groups is 1. The molecule has 2 rings (SSSR count). The van der Waals surface area contributed by atoms with Gasteiger partial charge in [-0.25, -0.2) is 0 Å². The maximum Gasteiger partial charge on any atom is 0.273 e. The van der Waals surface area contributed by atoms with Crippen molar-refractivity contribution in [1.82, 2.24) is 0 Å². The van der Waals surface area contributed by atoms with Crippen molar-refractivity contribution in [1.29, 1.82) is 0 Å². The molecular weight excluding hydrogens is 524 g/mol. The van der Waals surface area contributed by atoms with E-state index in [1.54, 1.807) is 26.4 Å². The van der Waals surface area contributed by atoms with Gasteiger partial charge in [0.15, 0.2) is 0 Å². The Kier molecular flexibility index (Phi) is 13.1. The molecule has 0 fully saturated rings. The molecule has 0 aliphatic carbocycles. The van der Waals surface area contributed by atoms with E-state index in [0.717, 1.165) is 23.1 Å². The summed E-state index contributed by atoms with van der Waals surface area (Å²) in [5.41, 5.74) is 6.35. The van der Waals surface area contributed by atoms with Gasteiger partial charge in [-0.2, -0.15) is 0 Å². The number of methoxy groups -OCH3 is 2. The SMILES string of the molecule is COCCCOc1cc(N)ccc1Br.COCCCOc1cc([N+](=O)[O-])ccc1Br. The molecule has 0 amide bonds. The van der Waals surface area contributed by atoms with Crippen LogP contribution in [0.1, 0.15) is 12.8 Å². The molecule has 2 aromatic rings. The van der Waals surface area contributed by atoms with Gasteiger partial charge in [-0.05, 0) is 50.1 Å². The summed E-state index contributed by atoms with van der Waals surface area (Å²) in [4.78, 5) is 10.1. The van der Waals surface area contributed by atoms with Gasteiger partial charge in [0, 0.05) is 58.1 Å². The van der Waals surface area contributed by atoms with E-state index in [2.05, 4.69) is 31.9 Å². The molecule has 0 spiro atoms. The fraction of sp³-hybridized carbons (Fsp3) is 0.400. The molecule has 0 saturated carbocycles. The highest BCUT2D eigenvalue weighted by Crippen LogP contribution is 2.29. The molecule has 0 atom stereocenters. The fourth-order valence-corrected chi connectivity index (χ4v) is 2.84. The molecule has 0 radical (unpaired) electrons. The Hall–Kier alpha value is -1.88. The van der Waals surface area contributed by atoms with Gasteiger partial charge in [-0.15, -0.1) is 0 Å². The Morgan fingerprint density at radius 1 is 0.867 bits per heavy atom. The minimum Gasteiger partial charge on any atom is -0.492 e. The summed E-state index contributed by atoms with van der Waals surface area (Å²) in [6.07, 6.45) is 1.61. The van der Waals surface area contributed by atoms with Crippen molar-refractivity contribution >= 4 is 43.2 Å². The summed E-state index contributed by atoms with van der Waals surface area (Å²) in [6, 6.07) is 9.93. The lowest BCUT2D eigenvalue weighted by Crippen LogP contribution is -2.02. The quantitative estimate of drug-likeness (QED) is 0.177. The summed E-state index contributed by atoms with van der Waals surface area (Å²) in [7, 11) is 3.29. The molecule has 0 heterocycles. The summed E-state index contributed by atoms with van der Waals surface area (Å²) in [5.74, 6) is 1.26. The lowest BCUT2D eigenvalue weighted by atomic mass is 10.3. The lowest BCUT2D eigenvalue weighted by molar-refractivity contribution is -0.385. The third-order valence-corrected chi connectivity index (χ3v) is 4.89. The molecule has 2 aromatic carbocycles. The third-order valence-electron chi connectivity index (χ3n) is 3.58. The van der Waals surface area contributed by atoms with Gasteiger partial charge in [0.25, 0.3) is 5.69 Å². The predicted molar refractivity (Wildman–Crippen MR) is 123 cm³/mol. The van der Waals surface area contributed by atoms with E-state index in [9.17, 15) is 10.1 Å². The average molecular weight is 550 g/mol. The number of rotatable bonds is 11. The van der Waals surface area contributed by atoms with E-state index < -0.39 is 4.92 Å². The molecular formula is C20H26Br2N2O6. The van der Waals surface area contributed by atoms with Crippen LogP contribution in [0.5, 0.6) is 11.5 Å². The van der Waals surface area contributed by atoms with Gasteiger partial charge in [0.05, 0.1) is 33.1 Å². The van der Waals surface area contributed by atoms with Crippen LogP contribution >= 0.6 is 31.9 Å². The van der Waals surface area contributed by atoms with Crippen LogP contribution in [-0.4, -0.2) is 45.6 Å². The number of nitrogens with two attached hydrogens (primary N) is 1. The Labute approximate surface area is 193 Å². The number of non-ortho nitro benzene ring substituents is 1. The van der Waals surface area contributed by atoms with Crippen molar-refractivity contribution in [2.24, 2.45) is 0 Å². The van der Waals surface area contributed by atoms with Crippen LogP contribution in [0, 0.1) is 10.1 Å². The van der Waals surface area contributed by atoms with Gasteiger partial charge in [-0.3, -0.25) is 10.1 Å². The van der Waals surface area contributed by atoms with Crippen molar-refractivity contribution in [3.63, 3.8) is 0 Å². The number of halogens is 2. The standard InChI is InChI=1S/C10H12BrNO4.C10H14BrNO2/c1-15-5-2-6-16-10-7-8(12(13)14)3-4-9(10)11;1-13-5-2-6-14-10-7-8(12)3-4-9(10)11/h3-4,7H,2,5-6H2,1H3;3-4,7H,2,5-6,12H2,1H3.